The molecule has 6 heteroatoms. The number of unbranched alkanes of at least 4 members (excludes halogenated alkanes) is 42. The van der Waals surface area contributed by atoms with Crippen molar-refractivity contribution in [3.05, 3.63) is 0 Å². The van der Waals surface area contributed by atoms with E-state index < -0.39 is 6.10 Å². The Kier molecular flexibility index (Phi) is 54.4. The molecule has 69 heavy (non-hydrogen) atoms. The van der Waals surface area contributed by atoms with Crippen molar-refractivity contribution in [2.45, 2.75) is 362 Å². The molecule has 0 saturated heterocycles. The largest absolute Gasteiger partial charge is 0.462 e. The van der Waals surface area contributed by atoms with E-state index in [2.05, 4.69) is 34.6 Å². The molecule has 0 heterocycles. The van der Waals surface area contributed by atoms with Gasteiger partial charge in [-0.05, 0) is 31.1 Å². The minimum absolute atomic E-state index is 0.0620. The first-order valence-electron chi connectivity index (χ1n) is 31.2. The summed E-state index contributed by atoms with van der Waals surface area (Å²) in [6, 6.07) is 0. The Balaban J connectivity index is 4.28. The molecule has 0 aromatic heterocycles. The minimum atomic E-state index is -0.763. The molecular formula is C63H122O6. The third-order valence-electron chi connectivity index (χ3n) is 14.5. The number of carbonyl (C=O) groups is 3. The number of carbonyl (C=O) groups excluding carboxylic acids is 3. The standard InChI is InChI=1S/C63H122O6/c1-6-7-8-9-10-11-12-13-14-18-24-30-35-40-45-50-55-63(66)69-60(57-68-62(65)54-49-44-39-34-29-25-20-22-27-32-37-42-47-52-59(4)5)56-67-61(64)53-48-43-38-33-28-23-19-16-15-17-21-26-31-36-41-46-51-58(2)3/h58-60H,6-57H2,1-5H3/t60-/m0/s1. The zero-order chi connectivity index (χ0) is 50.4. The summed E-state index contributed by atoms with van der Waals surface area (Å²) in [5, 5.41) is 0. The van der Waals surface area contributed by atoms with Gasteiger partial charge in [-0.25, -0.2) is 0 Å². The molecule has 0 aliphatic carbocycles. The fourth-order valence-electron chi connectivity index (χ4n) is 9.76. The predicted molar refractivity (Wildman–Crippen MR) is 298 cm³/mol. The van der Waals surface area contributed by atoms with Gasteiger partial charge >= 0.3 is 17.9 Å². The van der Waals surface area contributed by atoms with Crippen molar-refractivity contribution in [3.8, 4) is 0 Å². The monoisotopic (exact) mass is 975 g/mol. The molecule has 6 nitrogen and oxygen atoms in total. The van der Waals surface area contributed by atoms with Gasteiger partial charge in [0.05, 0.1) is 0 Å². The van der Waals surface area contributed by atoms with E-state index in [-0.39, 0.29) is 31.1 Å². The van der Waals surface area contributed by atoms with Crippen molar-refractivity contribution < 1.29 is 28.6 Å². The first-order valence-corrected chi connectivity index (χ1v) is 31.2. The SMILES string of the molecule is CCCCCCCCCCCCCCCCCCC(=O)O[C@@H](COC(=O)CCCCCCCCCCCCCCCCCCC(C)C)COC(=O)CCCCCCCCCCCCCCCC(C)C. The van der Waals surface area contributed by atoms with Crippen LogP contribution in [0.15, 0.2) is 0 Å². The fourth-order valence-corrected chi connectivity index (χ4v) is 9.76. The summed E-state index contributed by atoms with van der Waals surface area (Å²) in [7, 11) is 0. The lowest BCUT2D eigenvalue weighted by Gasteiger charge is -2.18. The topological polar surface area (TPSA) is 78.9 Å². The van der Waals surface area contributed by atoms with Crippen LogP contribution in [0.5, 0.6) is 0 Å². The third-order valence-corrected chi connectivity index (χ3v) is 14.5. The quantitative estimate of drug-likeness (QED) is 0.0343. The molecule has 0 aliphatic heterocycles. The zero-order valence-corrected chi connectivity index (χ0v) is 47.5. The molecule has 0 amide bonds. The van der Waals surface area contributed by atoms with Gasteiger partial charge in [0.25, 0.3) is 0 Å². The van der Waals surface area contributed by atoms with E-state index in [9.17, 15) is 14.4 Å². The number of esters is 3. The second kappa shape index (κ2) is 55.7. The molecule has 1 atom stereocenters. The summed E-state index contributed by atoms with van der Waals surface area (Å²) in [6.45, 7) is 11.4. The van der Waals surface area contributed by atoms with Gasteiger partial charge in [-0.1, -0.05) is 317 Å². The van der Waals surface area contributed by atoms with Crippen LogP contribution in [0.3, 0.4) is 0 Å². The average molecular weight is 976 g/mol. The highest BCUT2D eigenvalue weighted by Gasteiger charge is 2.19. The number of rotatable bonds is 57. The van der Waals surface area contributed by atoms with Crippen LogP contribution in [0.25, 0.3) is 0 Å². The maximum atomic E-state index is 12.9. The van der Waals surface area contributed by atoms with Gasteiger partial charge in [0, 0.05) is 19.3 Å². The predicted octanol–water partition coefficient (Wildman–Crippen LogP) is 20.8. The lowest BCUT2D eigenvalue weighted by atomic mass is 10.0. The second-order valence-electron chi connectivity index (χ2n) is 22.6. The second-order valence-corrected chi connectivity index (χ2v) is 22.6. The Hall–Kier alpha value is -1.59. The van der Waals surface area contributed by atoms with E-state index in [0.717, 1.165) is 69.6 Å². The van der Waals surface area contributed by atoms with Crippen molar-refractivity contribution in [1.82, 2.24) is 0 Å². The number of hydrogen-bond donors (Lipinski definition) is 0. The van der Waals surface area contributed by atoms with Crippen LogP contribution in [0.1, 0.15) is 356 Å². The first kappa shape index (κ1) is 67.4. The Morgan fingerprint density at radius 2 is 0.478 bits per heavy atom. The normalized spacial score (nSPS) is 12.0. The van der Waals surface area contributed by atoms with Gasteiger partial charge in [0.15, 0.2) is 6.10 Å². The molecule has 0 unspecified atom stereocenters. The molecule has 0 spiro atoms. The fraction of sp³-hybridized carbons (Fsp3) is 0.952. The van der Waals surface area contributed by atoms with Gasteiger partial charge in [-0.15, -0.1) is 0 Å². The van der Waals surface area contributed by atoms with E-state index in [0.29, 0.717) is 19.3 Å². The molecule has 0 N–H and O–H groups in total. The molecule has 0 fully saturated rings. The maximum Gasteiger partial charge on any atom is 0.306 e. The molecular weight excluding hydrogens is 853 g/mol. The smallest absolute Gasteiger partial charge is 0.306 e. The third kappa shape index (κ3) is 57.2. The summed E-state index contributed by atoms with van der Waals surface area (Å²) in [6.07, 6.45) is 61.0. The van der Waals surface area contributed by atoms with Crippen molar-refractivity contribution >= 4 is 17.9 Å². The van der Waals surface area contributed by atoms with Crippen LogP contribution in [0, 0.1) is 11.8 Å². The van der Waals surface area contributed by atoms with Gasteiger partial charge in [0.1, 0.15) is 13.2 Å². The van der Waals surface area contributed by atoms with Gasteiger partial charge < -0.3 is 14.2 Å². The minimum Gasteiger partial charge on any atom is -0.462 e. The highest BCUT2D eigenvalue weighted by Crippen LogP contribution is 2.19. The van der Waals surface area contributed by atoms with E-state index in [4.69, 9.17) is 14.2 Å². The van der Waals surface area contributed by atoms with Crippen LogP contribution < -0.4 is 0 Å². The summed E-state index contributed by atoms with van der Waals surface area (Å²) in [4.78, 5) is 38.3. The average Bonchev–Trinajstić information content (AvgIpc) is 3.32. The molecule has 410 valence electrons. The van der Waals surface area contributed by atoms with Crippen LogP contribution >= 0.6 is 0 Å². The highest BCUT2D eigenvalue weighted by atomic mass is 16.6. The summed E-state index contributed by atoms with van der Waals surface area (Å²) in [5.74, 6) is 0.860. The van der Waals surface area contributed by atoms with Crippen LogP contribution in [-0.2, 0) is 28.6 Å². The highest BCUT2D eigenvalue weighted by molar-refractivity contribution is 5.71. The Morgan fingerprint density at radius 1 is 0.275 bits per heavy atom. The van der Waals surface area contributed by atoms with Crippen LogP contribution in [0.2, 0.25) is 0 Å². The molecule has 0 bridgehead atoms. The van der Waals surface area contributed by atoms with Gasteiger partial charge in [-0.2, -0.15) is 0 Å². The summed E-state index contributed by atoms with van der Waals surface area (Å²) in [5.41, 5.74) is 0. The Bertz CT molecular complexity index is 1060. The zero-order valence-electron chi connectivity index (χ0n) is 47.5. The maximum absolute atomic E-state index is 12.9. The van der Waals surface area contributed by atoms with Crippen molar-refractivity contribution in [2.24, 2.45) is 11.8 Å². The molecule has 0 aromatic carbocycles. The van der Waals surface area contributed by atoms with E-state index in [1.165, 1.54) is 244 Å². The van der Waals surface area contributed by atoms with E-state index in [1.54, 1.807) is 0 Å². The number of ether oxygens (including phenoxy) is 3. The van der Waals surface area contributed by atoms with Crippen LogP contribution in [0.4, 0.5) is 0 Å². The summed E-state index contributed by atoms with van der Waals surface area (Å²) < 4.78 is 16.9. The molecule has 0 radical (unpaired) electrons. The lowest BCUT2D eigenvalue weighted by molar-refractivity contribution is -0.167. The lowest BCUT2D eigenvalue weighted by Crippen LogP contribution is -2.30. The van der Waals surface area contributed by atoms with Gasteiger partial charge in [0.2, 0.25) is 0 Å². The summed E-state index contributed by atoms with van der Waals surface area (Å²) >= 11 is 0. The van der Waals surface area contributed by atoms with E-state index >= 15 is 0 Å². The van der Waals surface area contributed by atoms with Crippen LogP contribution in [-0.4, -0.2) is 37.2 Å². The molecule has 0 aliphatic rings. The molecule has 0 aromatic rings. The Morgan fingerprint density at radius 3 is 0.710 bits per heavy atom. The first-order chi connectivity index (χ1) is 33.7. The molecule has 0 saturated carbocycles. The van der Waals surface area contributed by atoms with Crippen molar-refractivity contribution in [1.29, 1.82) is 0 Å². The number of hydrogen-bond acceptors (Lipinski definition) is 6. The van der Waals surface area contributed by atoms with Crippen molar-refractivity contribution in [2.75, 3.05) is 13.2 Å². The molecule has 0 rings (SSSR count). The Labute approximate surface area is 431 Å². The van der Waals surface area contributed by atoms with E-state index in [1.807, 2.05) is 0 Å². The van der Waals surface area contributed by atoms with Crippen molar-refractivity contribution in [3.63, 3.8) is 0 Å². The van der Waals surface area contributed by atoms with Gasteiger partial charge in [-0.3, -0.25) is 14.4 Å².